The molecule has 0 bridgehead atoms. The minimum atomic E-state index is -3.65. The molecule has 102 valence electrons. The SMILES string of the molecule is CCn1cc(S(=O)(=O)NCC2(O)CNC2)nc1C. The summed E-state index contributed by atoms with van der Waals surface area (Å²) < 4.78 is 28.1. The van der Waals surface area contributed by atoms with Crippen LogP contribution in [0.1, 0.15) is 12.7 Å². The van der Waals surface area contributed by atoms with E-state index in [9.17, 15) is 13.5 Å². The molecule has 0 aromatic carbocycles. The Balaban J connectivity index is 2.09. The highest BCUT2D eigenvalue weighted by molar-refractivity contribution is 7.89. The number of nitrogens with zero attached hydrogens (tertiary/aromatic N) is 2. The molecule has 3 N–H and O–H groups in total. The van der Waals surface area contributed by atoms with Gasteiger partial charge in [-0.1, -0.05) is 0 Å². The normalized spacial score (nSPS) is 18.6. The van der Waals surface area contributed by atoms with Crippen molar-refractivity contribution in [2.45, 2.75) is 31.0 Å². The number of aliphatic hydroxyl groups is 1. The fraction of sp³-hybridized carbons (Fsp3) is 0.700. The number of β-amino-alcohol motifs (C(OH)–C–C–N with tert-alkyl or cyclic N) is 1. The van der Waals surface area contributed by atoms with Crippen molar-refractivity contribution in [1.29, 1.82) is 0 Å². The minimum Gasteiger partial charge on any atom is -0.386 e. The zero-order valence-corrected chi connectivity index (χ0v) is 11.3. The summed E-state index contributed by atoms with van der Waals surface area (Å²) in [6.45, 7) is 5.14. The smallest absolute Gasteiger partial charge is 0.259 e. The molecule has 2 rings (SSSR count). The minimum absolute atomic E-state index is 0.000363. The molecule has 0 saturated carbocycles. The molecule has 0 aliphatic carbocycles. The van der Waals surface area contributed by atoms with Gasteiger partial charge in [-0.25, -0.2) is 18.1 Å². The largest absolute Gasteiger partial charge is 0.386 e. The zero-order valence-electron chi connectivity index (χ0n) is 10.5. The third-order valence-corrected chi connectivity index (χ3v) is 4.34. The third kappa shape index (κ3) is 2.56. The van der Waals surface area contributed by atoms with Gasteiger partial charge in [0.1, 0.15) is 11.4 Å². The van der Waals surface area contributed by atoms with E-state index in [4.69, 9.17) is 0 Å². The van der Waals surface area contributed by atoms with Crippen LogP contribution in [0.4, 0.5) is 0 Å². The lowest BCUT2D eigenvalue weighted by Crippen LogP contribution is -2.64. The number of rotatable bonds is 5. The highest BCUT2D eigenvalue weighted by Gasteiger charge is 2.35. The molecule has 2 heterocycles. The first kappa shape index (κ1) is 13.5. The van der Waals surface area contributed by atoms with Crippen LogP contribution in [0.15, 0.2) is 11.2 Å². The first-order valence-electron chi connectivity index (χ1n) is 5.83. The van der Waals surface area contributed by atoms with Crippen LogP contribution in [0.5, 0.6) is 0 Å². The van der Waals surface area contributed by atoms with Gasteiger partial charge in [-0.05, 0) is 13.8 Å². The van der Waals surface area contributed by atoms with E-state index < -0.39 is 15.6 Å². The zero-order chi connectivity index (χ0) is 13.4. The van der Waals surface area contributed by atoms with E-state index >= 15 is 0 Å². The van der Waals surface area contributed by atoms with Crippen LogP contribution in [-0.4, -0.2) is 48.3 Å². The summed E-state index contributed by atoms with van der Waals surface area (Å²) in [5, 5.41) is 12.7. The van der Waals surface area contributed by atoms with Crippen molar-refractivity contribution in [3.05, 3.63) is 12.0 Å². The molecule has 0 unspecified atom stereocenters. The first-order chi connectivity index (χ1) is 8.36. The topological polar surface area (TPSA) is 96.2 Å². The Morgan fingerprint density at radius 2 is 2.28 bits per heavy atom. The highest BCUT2D eigenvalue weighted by Crippen LogP contribution is 2.12. The lowest BCUT2D eigenvalue weighted by atomic mass is 9.98. The molecule has 0 radical (unpaired) electrons. The van der Waals surface area contributed by atoms with E-state index in [1.54, 1.807) is 11.5 Å². The summed E-state index contributed by atoms with van der Waals surface area (Å²) in [6.07, 6.45) is 1.50. The fourth-order valence-corrected chi connectivity index (χ4v) is 2.90. The van der Waals surface area contributed by atoms with E-state index in [1.165, 1.54) is 6.20 Å². The van der Waals surface area contributed by atoms with Gasteiger partial charge in [0.2, 0.25) is 0 Å². The number of nitrogens with one attached hydrogen (secondary N) is 2. The molecule has 18 heavy (non-hydrogen) atoms. The predicted molar refractivity (Wildman–Crippen MR) is 65.6 cm³/mol. The van der Waals surface area contributed by atoms with Gasteiger partial charge in [0.05, 0.1) is 0 Å². The Hall–Kier alpha value is -0.960. The molecule has 0 spiro atoms. The second-order valence-corrected chi connectivity index (χ2v) is 6.28. The lowest BCUT2D eigenvalue weighted by Gasteiger charge is -2.37. The van der Waals surface area contributed by atoms with Crippen molar-refractivity contribution in [3.8, 4) is 0 Å². The van der Waals surface area contributed by atoms with Crippen LogP contribution < -0.4 is 10.0 Å². The van der Waals surface area contributed by atoms with Crippen LogP contribution in [0.25, 0.3) is 0 Å². The van der Waals surface area contributed by atoms with Gasteiger partial charge < -0.3 is 15.0 Å². The molecular formula is C10H18N4O3S. The Labute approximate surface area is 106 Å². The quantitative estimate of drug-likeness (QED) is 0.628. The van der Waals surface area contributed by atoms with E-state index in [-0.39, 0.29) is 11.6 Å². The molecule has 7 nitrogen and oxygen atoms in total. The van der Waals surface area contributed by atoms with Crippen molar-refractivity contribution in [2.24, 2.45) is 0 Å². The average molecular weight is 274 g/mol. The Morgan fingerprint density at radius 1 is 1.61 bits per heavy atom. The van der Waals surface area contributed by atoms with Crippen molar-refractivity contribution in [2.75, 3.05) is 19.6 Å². The Bertz CT molecular complexity index is 533. The van der Waals surface area contributed by atoms with Gasteiger partial charge in [0, 0.05) is 32.4 Å². The van der Waals surface area contributed by atoms with Crippen molar-refractivity contribution < 1.29 is 13.5 Å². The number of aromatic nitrogens is 2. The number of hydrogen-bond donors (Lipinski definition) is 3. The molecule has 0 amide bonds. The summed E-state index contributed by atoms with van der Waals surface area (Å²) in [7, 11) is -3.65. The van der Waals surface area contributed by atoms with E-state index in [1.807, 2.05) is 6.92 Å². The van der Waals surface area contributed by atoms with Crippen LogP contribution >= 0.6 is 0 Å². The molecule has 1 aliphatic rings. The Kier molecular flexibility index (Phi) is 3.45. The summed E-state index contributed by atoms with van der Waals surface area (Å²) >= 11 is 0. The van der Waals surface area contributed by atoms with Gasteiger partial charge in [0.15, 0.2) is 5.03 Å². The number of hydrogen-bond acceptors (Lipinski definition) is 5. The van der Waals surface area contributed by atoms with E-state index in [0.29, 0.717) is 25.5 Å². The molecule has 1 aliphatic heterocycles. The van der Waals surface area contributed by atoms with Gasteiger partial charge in [-0.3, -0.25) is 0 Å². The monoisotopic (exact) mass is 274 g/mol. The number of aryl methyl sites for hydroxylation is 2. The van der Waals surface area contributed by atoms with Crippen LogP contribution in [-0.2, 0) is 16.6 Å². The molecule has 8 heteroatoms. The average Bonchev–Trinajstić information content (AvgIpc) is 2.66. The van der Waals surface area contributed by atoms with Gasteiger partial charge >= 0.3 is 0 Å². The van der Waals surface area contributed by atoms with Gasteiger partial charge in [-0.2, -0.15) is 0 Å². The summed E-state index contributed by atoms with van der Waals surface area (Å²) in [6, 6.07) is 0. The standard InChI is InChI=1S/C10H18N4O3S/c1-3-14-4-9(13-8(14)2)18(16,17)12-7-10(15)5-11-6-10/h4,11-12,15H,3,5-7H2,1-2H3. The lowest BCUT2D eigenvalue weighted by molar-refractivity contribution is -0.00397. The second kappa shape index (κ2) is 4.61. The van der Waals surface area contributed by atoms with Crippen molar-refractivity contribution in [3.63, 3.8) is 0 Å². The maximum Gasteiger partial charge on any atom is 0.259 e. The number of imidazole rings is 1. The number of sulfonamides is 1. The van der Waals surface area contributed by atoms with E-state index in [0.717, 1.165) is 0 Å². The van der Waals surface area contributed by atoms with Crippen molar-refractivity contribution >= 4 is 10.0 Å². The van der Waals surface area contributed by atoms with E-state index in [2.05, 4.69) is 15.0 Å². The fourth-order valence-electron chi connectivity index (χ4n) is 1.77. The molecule has 1 aromatic heterocycles. The van der Waals surface area contributed by atoms with Crippen LogP contribution in [0.2, 0.25) is 0 Å². The summed E-state index contributed by atoms with van der Waals surface area (Å²) in [5.74, 6) is 0.655. The maximum absolute atomic E-state index is 12.0. The maximum atomic E-state index is 12.0. The van der Waals surface area contributed by atoms with Crippen LogP contribution in [0.3, 0.4) is 0 Å². The second-order valence-electron chi connectivity index (χ2n) is 4.56. The first-order valence-corrected chi connectivity index (χ1v) is 7.31. The molecular weight excluding hydrogens is 256 g/mol. The molecule has 1 saturated heterocycles. The Morgan fingerprint density at radius 3 is 2.72 bits per heavy atom. The molecule has 1 aromatic rings. The predicted octanol–water partition coefficient (Wildman–Crippen LogP) is -1.18. The summed E-state index contributed by atoms with van der Waals surface area (Å²) in [4.78, 5) is 4.01. The van der Waals surface area contributed by atoms with Crippen molar-refractivity contribution in [1.82, 2.24) is 19.6 Å². The van der Waals surface area contributed by atoms with Gasteiger partial charge in [-0.15, -0.1) is 0 Å². The van der Waals surface area contributed by atoms with Gasteiger partial charge in [0.25, 0.3) is 10.0 Å². The molecule has 1 fully saturated rings. The third-order valence-electron chi connectivity index (χ3n) is 3.07. The summed E-state index contributed by atoms with van der Waals surface area (Å²) in [5.41, 5.74) is -0.977. The highest BCUT2D eigenvalue weighted by atomic mass is 32.2. The molecule has 0 atom stereocenters. The van der Waals surface area contributed by atoms with Crippen LogP contribution in [0, 0.1) is 6.92 Å².